The van der Waals surface area contributed by atoms with Crippen molar-refractivity contribution in [3.63, 3.8) is 0 Å². The van der Waals surface area contributed by atoms with Crippen LogP contribution in [0.5, 0.6) is 0 Å². The Labute approximate surface area is 108 Å². The molecule has 4 heteroatoms. The van der Waals surface area contributed by atoms with E-state index in [4.69, 9.17) is 5.11 Å². The number of carbonyl (C=O) groups is 1. The van der Waals surface area contributed by atoms with Gasteiger partial charge in [-0.2, -0.15) is 0 Å². The molecule has 0 bridgehead atoms. The third-order valence-corrected chi connectivity index (χ3v) is 2.96. The summed E-state index contributed by atoms with van der Waals surface area (Å²) in [5.41, 5.74) is 1.29. The molecule has 0 saturated heterocycles. The highest BCUT2D eigenvalue weighted by Crippen LogP contribution is 2.28. The standard InChI is InChI=1S/C14H21NO3/c1-10(15(13(17)18)14(2,3)4)12-7-5-11(9-16)6-8-12/h5-8,10,16H,9H2,1-4H3,(H,17,18)/t10-/m1/s1. The Balaban J connectivity index is 3.02. The average Bonchev–Trinajstić information content (AvgIpc) is 2.26. The van der Waals surface area contributed by atoms with Crippen molar-refractivity contribution in [1.82, 2.24) is 4.90 Å². The monoisotopic (exact) mass is 251 g/mol. The van der Waals surface area contributed by atoms with Crippen LogP contribution in [0.15, 0.2) is 24.3 Å². The van der Waals surface area contributed by atoms with Crippen LogP contribution in [0.3, 0.4) is 0 Å². The first-order chi connectivity index (χ1) is 8.27. The molecule has 0 radical (unpaired) electrons. The van der Waals surface area contributed by atoms with E-state index < -0.39 is 11.6 Å². The Bertz CT molecular complexity index is 406. The van der Waals surface area contributed by atoms with E-state index in [0.29, 0.717) is 0 Å². The Morgan fingerprint density at radius 3 is 2.11 bits per heavy atom. The van der Waals surface area contributed by atoms with Crippen molar-refractivity contribution in [1.29, 1.82) is 0 Å². The van der Waals surface area contributed by atoms with Crippen LogP contribution in [-0.2, 0) is 6.61 Å². The molecule has 1 amide bonds. The summed E-state index contributed by atoms with van der Waals surface area (Å²) in [6.07, 6.45) is -0.929. The SMILES string of the molecule is C[C@H](c1ccc(CO)cc1)N(C(=O)O)C(C)(C)C. The number of benzene rings is 1. The molecule has 0 spiro atoms. The predicted molar refractivity (Wildman–Crippen MR) is 70.4 cm³/mol. The molecular formula is C14H21NO3. The maximum atomic E-state index is 11.4. The average molecular weight is 251 g/mol. The fourth-order valence-electron chi connectivity index (χ4n) is 2.08. The van der Waals surface area contributed by atoms with Gasteiger partial charge in [-0.15, -0.1) is 0 Å². The number of hydrogen-bond donors (Lipinski definition) is 2. The summed E-state index contributed by atoms with van der Waals surface area (Å²) in [6, 6.07) is 7.12. The minimum atomic E-state index is -0.929. The van der Waals surface area contributed by atoms with Gasteiger partial charge < -0.3 is 10.2 Å². The number of hydrogen-bond acceptors (Lipinski definition) is 2. The largest absolute Gasteiger partial charge is 0.465 e. The van der Waals surface area contributed by atoms with Crippen LogP contribution in [0.4, 0.5) is 4.79 Å². The lowest BCUT2D eigenvalue weighted by Crippen LogP contribution is -2.46. The van der Waals surface area contributed by atoms with Crippen molar-refractivity contribution < 1.29 is 15.0 Å². The number of nitrogens with zero attached hydrogens (tertiary/aromatic N) is 1. The maximum Gasteiger partial charge on any atom is 0.408 e. The molecule has 100 valence electrons. The Hall–Kier alpha value is -1.55. The summed E-state index contributed by atoms with van der Waals surface area (Å²) in [4.78, 5) is 12.8. The van der Waals surface area contributed by atoms with Gasteiger partial charge in [0.05, 0.1) is 12.6 Å². The number of amides is 1. The normalized spacial score (nSPS) is 13.2. The molecule has 1 rings (SSSR count). The summed E-state index contributed by atoms with van der Waals surface area (Å²) in [5, 5.41) is 18.3. The molecule has 0 aliphatic carbocycles. The maximum absolute atomic E-state index is 11.4. The second-order valence-corrected chi connectivity index (χ2v) is 5.40. The summed E-state index contributed by atoms with van der Waals surface area (Å²) < 4.78 is 0. The highest BCUT2D eigenvalue weighted by Gasteiger charge is 2.31. The Kier molecular flexibility index (Phi) is 4.35. The lowest BCUT2D eigenvalue weighted by molar-refractivity contribution is 0.0753. The first kappa shape index (κ1) is 14.5. The molecular weight excluding hydrogens is 230 g/mol. The van der Waals surface area contributed by atoms with Gasteiger partial charge in [0.15, 0.2) is 0 Å². The lowest BCUT2D eigenvalue weighted by Gasteiger charge is -2.38. The Morgan fingerprint density at radius 2 is 1.78 bits per heavy atom. The Morgan fingerprint density at radius 1 is 1.28 bits per heavy atom. The van der Waals surface area contributed by atoms with Crippen molar-refractivity contribution in [2.24, 2.45) is 0 Å². The zero-order valence-electron chi connectivity index (χ0n) is 11.3. The summed E-state index contributed by atoms with van der Waals surface area (Å²) in [7, 11) is 0. The van der Waals surface area contributed by atoms with Gasteiger partial charge in [0.25, 0.3) is 0 Å². The van der Waals surface area contributed by atoms with Crippen LogP contribution in [0.1, 0.15) is 44.9 Å². The van der Waals surface area contributed by atoms with Crippen molar-refractivity contribution in [2.45, 2.75) is 45.9 Å². The van der Waals surface area contributed by atoms with Crippen LogP contribution in [0.2, 0.25) is 0 Å². The fourth-order valence-corrected chi connectivity index (χ4v) is 2.08. The molecule has 0 heterocycles. The summed E-state index contributed by atoms with van der Waals surface area (Å²) >= 11 is 0. The number of aliphatic hydroxyl groups is 1. The van der Waals surface area contributed by atoms with Crippen LogP contribution in [0, 0.1) is 0 Å². The topological polar surface area (TPSA) is 60.8 Å². The molecule has 2 N–H and O–H groups in total. The predicted octanol–water partition coefficient (Wildman–Crippen LogP) is 3.02. The van der Waals surface area contributed by atoms with E-state index in [1.165, 1.54) is 4.90 Å². The van der Waals surface area contributed by atoms with E-state index in [9.17, 15) is 9.90 Å². The fraction of sp³-hybridized carbons (Fsp3) is 0.500. The molecule has 1 aromatic carbocycles. The van der Waals surface area contributed by atoms with E-state index in [1.54, 1.807) is 0 Å². The van der Waals surface area contributed by atoms with Crippen LogP contribution < -0.4 is 0 Å². The van der Waals surface area contributed by atoms with E-state index in [-0.39, 0.29) is 12.6 Å². The molecule has 0 saturated carbocycles. The van der Waals surface area contributed by atoms with Crippen LogP contribution in [-0.4, -0.2) is 26.7 Å². The summed E-state index contributed by atoms with van der Waals surface area (Å²) in [5.74, 6) is 0. The van der Waals surface area contributed by atoms with Crippen molar-refractivity contribution in [2.75, 3.05) is 0 Å². The summed E-state index contributed by atoms with van der Waals surface area (Å²) in [6.45, 7) is 7.49. The van der Waals surface area contributed by atoms with E-state index >= 15 is 0 Å². The van der Waals surface area contributed by atoms with Crippen molar-refractivity contribution in [3.05, 3.63) is 35.4 Å². The highest BCUT2D eigenvalue weighted by molar-refractivity contribution is 5.66. The second kappa shape index (κ2) is 5.40. The van der Waals surface area contributed by atoms with Crippen molar-refractivity contribution in [3.8, 4) is 0 Å². The molecule has 4 nitrogen and oxygen atoms in total. The van der Waals surface area contributed by atoms with Gasteiger partial charge in [0.2, 0.25) is 0 Å². The molecule has 0 aliphatic rings. The van der Waals surface area contributed by atoms with Gasteiger partial charge in [-0.25, -0.2) is 4.79 Å². The van der Waals surface area contributed by atoms with Crippen molar-refractivity contribution >= 4 is 6.09 Å². The first-order valence-electron chi connectivity index (χ1n) is 5.99. The van der Waals surface area contributed by atoms with Gasteiger partial charge in [-0.1, -0.05) is 24.3 Å². The third kappa shape index (κ3) is 3.23. The minimum Gasteiger partial charge on any atom is -0.465 e. The zero-order chi connectivity index (χ0) is 13.9. The molecule has 0 unspecified atom stereocenters. The molecule has 0 fully saturated rings. The van der Waals surface area contributed by atoms with Gasteiger partial charge in [0, 0.05) is 5.54 Å². The molecule has 1 atom stereocenters. The number of carboxylic acid groups (broad SMARTS) is 1. The van der Waals surface area contributed by atoms with E-state index in [0.717, 1.165) is 11.1 Å². The van der Waals surface area contributed by atoms with Crippen LogP contribution in [0.25, 0.3) is 0 Å². The van der Waals surface area contributed by atoms with E-state index in [1.807, 2.05) is 52.0 Å². The lowest BCUT2D eigenvalue weighted by atomic mass is 9.99. The van der Waals surface area contributed by atoms with Gasteiger partial charge in [-0.3, -0.25) is 4.90 Å². The smallest absolute Gasteiger partial charge is 0.408 e. The quantitative estimate of drug-likeness (QED) is 0.868. The van der Waals surface area contributed by atoms with Gasteiger partial charge in [0.1, 0.15) is 0 Å². The molecule has 18 heavy (non-hydrogen) atoms. The van der Waals surface area contributed by atoms with Gasteiger partial charge >= 0.3 is 6.09 Å². The molecule has 0 aliphatic heterocycles. The molecule has 0 aromatic heterocycles. The third-order valence-electron chi connectivity index (χ3n) is 2.96. The van der Waals surface area contributed by atoms with Crippen LogP contribution >= 0.6 is 0 Å². The highest BCUT2D eigenvalue weighted by atomic mass is 16.4. The van der Waals surface area contributed by atoms with Gasteiger partial charge in [-0.05, 0) is 38.8 Å². The zero-order valence-corrected chi connectivity index (χ0v) is 11.3. The first-order valence-corrected chi connectivity index (χ1v) is 5.99. The van der Waals surface area contributed by atoms with E-state index in [2.05, 4.69) is 0 Å². The number of aliphatic hydroxyl groups excluding tert-OH is 1. The molecule has 1 aromatic rings. The number of rotatable bonds is 3. The minimum absolute atomic E-state index is 0.00340. The second-order valence-electron chi connectivity index (χ2n) is 5.40.